The molecule has 2 aliphatic heterocycles. The van der Waals surface area contributed by atoms with Crippen LogP contribution in [-0.4, -0.2) is 53.0 Å². The van der Waals surface area contributed by atoms with Gasteiger partial charge in [0.2, 0.25) is 5.91 Å². The van der Waals surface area contributed by atoms with Gasteiger partial charge in [0.25, 0.3) is 0 Å². The number of aryl methyl sites for hydroxylation is 1. The Bertz CT molecular complexity index is 1020. The highest BCUT2D eigenvalue weighted by Crippen LogP contribution is 2.38. The summed E-state index contributed by atoms with van der Waals surface area (Å²) < 4.78 is 0. The topological polar surface area (TPSA) is 60.9 Å². The van der Waals surface area contributed by atoms with Gasteiger partial charge < -0.3 is 10.0 Å². The number of piperidine rings is 1. The van der Waals surface area contributed by atoms with Crippen molar-refractivity contribution in [1.29, 1.82) is 0 Å². The van der Waals surface area contributed by atoms with Gasteiger partial charge in [-0.3, -0.25) is 14.5 Å². The van der Waals surface area contributed by atoms with E-state index in [9.17, 15) is 14.7 Å². The van der Waals surface area contributed by atoms with Crippen molar-refractivity contribution in [3.05, 3.63) is 57.6 Å². The van der Waals surface area contributed by atoms with Crippen LogP contribution in [0.4, 0.5) is 0 Å². The first kappa shape index (κ1) is 22.5. The maximum atomic E-state index is 12.8. The Balaban J connectivity index is 1.68. The highest BCUT2D eigenvalue weighted by molar-refractivity contribution is 5.82. The van der Waals surface area contributed by atoms with Crippen molar-refractivity contribution in [2.75, 3.05) is 26.2 Å². The number of benzene rings is 2. The fourth-order valence-electron chi connectivity index (χ4n) is 5.38. The Labute approximate surface area is 191 Å². The first-order chi connectivity index (χ1) is 15.3. The zero-order valence-electron chi connectivity index (χ0n) is 19.5. The number of hydrogen-bond acceptors (Lipinski definition) is 3. The number of amides is 1. The molecule has 2 aliphatic rings. The van der Waals surface area contributed by atoms with E-state index in [0.717, 1.165) is 73.3 Å². The summed E-state index contributed by atoms with van der Waals surface area (Å²) in [6.07, 6.45) is 4.33. The molecule has 32 heavy (non-hydrogen) atoms. The number of likely N-dealkylation sites (tertiary alicyclic amines) is 1. The monoisotopic (exact) mass is 434 g/mol. The van der Waals surface area contributed by atoms with Gasteiger partial charge in [-0.2, -0.15) is 0 Å². The Kier molecular flexibility index (Phi) is 6.66. The summed E-state index contributed by atoms with van der Waals surface area (Å²) in [7, 11) is 0. The molecule has 1 amide bonds. The molecule has 0 aliphatic carbocycles. The molecule has 0 saturated carbocycles. The predicted molar refractivity (Wildman–Crippen MR) is 127 cm³/mol. The minimum Gasteiger partial charge on any atom is -0.481 e. The van der Waals surface area contributed by atoms with Crippen LogP contribution < -0.4 is 0 Å². The number of carbonyl (C=O) groups excluding carboxylic acids is 1. The van der Waals surface area contributed by atoms with Gasteiger partial charge in [0.15, 0.2) is 0 Å². The van der Waals surface area contributed by atoms with Crippen LogP contribution in [0.3, 0.4) is 0 Å². The maximum Gasteiger partial charge on any atom is 0.307 e. The zero-order chi connectivity index (χ0) is 22.8. The fraction of sp³-hybridized carbons (Fsp3) is 0.481. The van der Waals surface area contributed by atoms with E-state index in [1.54, 1.807) is 0 Å². The van der Waals surface area contributed by atoms with E-state index in [0.29, 0.717) is 6.54 Å². The number of hydrogen-bond donors (Lipinski definition) is 1. The van der Waals surface area contributed by atoms with E-state index >= 15 is 0 Å². The summed E-state index contributed by atoms with van der Waals surface area (Å²) in [5.74, 6) is -0.561. The molecular formula is C27H34N2O3. The average molecular weight is 435 g/mol. The van der Waals surface area contributed by atoms with Gasteiger partial charge in [0, 0.05) is 26.2 Å². The molecule has 2 aromatic rings. The lowest BCUT2D eigenvalue weighted by atomic mass is 9.81. The number of carboxylic acids is 1. The summed E-state index contributed by atoms with van der Waals surface area (Å²) in [6, 6.07) is 8.35. The highest BCUT2D eigenvalue weighted by Gasteiger charge is 2.28. The van der Waals surface area contributed by atoms with Crippen LogP contribution in [0.5, 0.6) is 0 Å². The minimum absolute atomic E-state index is 0.0281. The van der Waals surface area contributed by atoms with Gasteiger partial charge in [-0.05, 0) is 85.4 Å². The number of nitrogens with zero attached hydrogens (tertiary/aromatic N) is 2. The third kappa shape index (κ3) is 4.58. The second-order valence-electron chi connectivity index (χ2n) is 9.40. The van der Waals surface area contributed by atoms with E-state index in [4.69, 9.17) is 0 Å². The molecular weight excluding hydrogens is 400 g/mol. The number of carbonyl (C=O) groups is 2. The Morgan fingerprint density at radius 3 is 2.25 bits per heavy atom. The summed E-state index contributed by atoms with van der Waals surface area (Å²) in [4.78, 5) is 28.8. The van der Waals surface area contributed by atoms with Crippen molar-refractivity contribution in [3.8, 4) is 11.1 Å². The predicted octanol–water partition coefficient (Wildman–Crippen LogP) is 4.28. The van der Waals surface area contributed by atoms with Gasteiger partial charge in [-0.15, -0.1) is 0 Å². The normalized spacial score (nSPS) is 16.7. The Morgan fingerprint density at radius 1 is 0.906 bits per heavy atom. The largest absolute Gasteiger partial charge is 0.481 e. The van der Waals surface area contributed by atoms with Crippen LogP contribution in [0.2, 0.25) is 0 Å². The van der Waals surface area contributed by atoms with Crippen LogP contribution in [-0.2, 0) is 29.0 Å². The molecule has 1 saturated heterocycles. The van der Waals surface area contributed by atoms with Crippen molar-refractivity contribution < 1.29 is 14.7 Å². The van der Waals surface area contributed by atoms with E-state index < -0.39 is 5.97 Å². The SMILES string of the molecule is Cc1ccc(-c2c(C)c3c(c(C)c2CC(=O)O)CCN(CC(=O)N2CCCCC2)C3)cc1. The van der Waals surface area contributed by atoms with Crippen molar-refractivity contribution >= 4 is 11.9 Å². The summed E-state index contributed by atoms with van der Waals surface area (Å²) >= 11 is 0. The van der Waals surface area contributed by atoms with E-state index in [2.05, 4.69) is 49.9 Å². The summed E-state index contributed by atoms with van der Waals surface area (Å²) in [6.45, 7) is 10.1. The van der Waals surface area contributed by atoms with E-state index in [-0.39, 0.29) is 12.3 Å². The van der Waals surface area contributed by atoms with Gasteiger partial charge in [-0.1, -0.05) is 29.8 Å². The maximum absolute atomic E-state index is 12.8. The molecule has 0 atom stereocenters. The lowest BCUT2D eigenvalue weighted by Crippen LogP contribution is -2.44. The van der Waals surface area contributed by atoms with Crippen LogP contribution in [0.15, 0.2) is 24.3 Å². The number of aliphatic carboxylic acids is 1. The van der Waals surface area contributed by atoms with E-state index in [1.165, 1.54) is 23.1 Å². The van der Waals surface area contributed by atoms with Crippen LogP contribution in [0.25, 0.3) is 11.1 Å². The van der Waals surface area contributed by atoms with Crippen molar-refractivity contribution in [1.82, 2.24) is 9.80 Å². The zero-order valence-corrected chi connectivity index (χ0v) is 19.5. The molecule has 0 radical (unpaired) electrons. The molecule has 1 N–H and O–H groups in total. The van der Waals surface area contributed by atoms with Crippen molar-refractivity contribution in [2.45, 2.75) is 59.4 Å². The first-order valence-electron chi connectivity index (χ1n) is 11.8. The molecule has 4 rings (SSSR count). The average Bonchev–Trinajstić information content (AvgIpc) is 2.79. The van der Waals surface area contributed by atoms with Crippen LogP contribution in [0.1, 0.15) is 52.6 Å². The molecule has 0 spiro atoms. The third-order valence-corrected chi connectivity index (χ3v) is 7.19. The first-order valence-corrected chi connectivity index (χ1v) is 11.8. The molecule has 5 nitrogen and oxygen atoms in total. The van der Waals surface area contributed by atoms with Gasteiger partial charge in [0.1, 0.15) is 0 Å². The van der Waals surface area contributed by atoms with E-state index in [1.807, 2.05) is 4.90 Å². The quantitative estimate of drug-likeness (QED) is 0.763. The van der Waals surface area contributed by atoms with Gasteiger partial charge in [-0.25, -0.2) is 0 Å². The lowest BCUT2D eigenvalue weighted by molar-refractivity contribution is -0.136. The number of rotatable bonds is 5. The second kappa shape index (κ2) is 9.45. The molecule has 0 bridgehead atoms. The van der Waals surface area contributed by atoms with Crippen molar-refractivity contribution in [2.24, 2.45) is 0 Å². The van der Waals surface area contributed by atoms with Crippen molar-refractivity contribution in [3.63, 3.8) is 0 Å². The summed E-state index contributed by atoms with van der Waals surface area (Å²) in [5, 5.41) is 9.62. The van der Waals surface area contributed by atoms with Gasteiger partial charge >= 0.3 is 5.97 Å². The third-order valence-electron chi connectivity index (χ3n) is 7.19. The van der Waals surface area contributed by atoms with Gasteiger partial charge in [0.05, 0.1) is 13.0 Å². The minimum atomic E-state index is -0.801. The van der Waals surface area contributed by atoms with Crippen LogP contribution >= 0.6 is 0 Å². The highest BCUT2D eigenvalue weighted by atomic mass is 16.4. The fourth-order valence-corrected chi connectivity index (χ4v) is 5.38. The molecule has 0 unspecified atom stereocenters. The van der Waals surface area contributed by atoms with Crippen LogP contribution in [0, 0.1) is 20.8 Å². The molecule has 2 aromatic carbocycles. The molecule has 170 valence electrons. The number of carboxylic acid groups (broad SMARTS) is 1. The molecule has 5 heteroatoms. The molecule has 2 heterocycles. The summed E-state index contributed by atoms with van der Waals surface area (Å²) in [5.41, 5.74) is 9.02. The lowest BCUT2D eigenvalue weighted by Gasteiger charge is -2.35. The Hall–Kier alpha value is -2.66. The Morgan fingerprint density at radius 2 is 1.59 bits per heavy atom. The standard InChI is InChI=1S/C27H34N2O3/c1-18-7-9-21(10-8-18)27-20(3)24-16-28(17-25(30)29-12-5-4-6-13-29)14-11-22(24)19(2)23(27)15-26(31)32/h7-10H,4-6,11-17H2,1-3H3,(H,31,32). The molecule has 0 aromatic heterocycles. The smallest absolute Gasteiger partial charge is 0.307 e. The second-order valence-corrected chi connectivity index (χ2v) is 9.40. The number of fused-ring (bicyclic) bond motifs is 1. The molecule has 1 fully saturated rings.